The summed E-state index contributed by atoms with van der Waals surface area (Å²) in [5, 5.41) is 8.51. The molecule has 1 aromatic carbocycles. The van der Waals surface area contributed by atoms with Crippen molar-refractivity contribution in [3.05, 3.63) is 53.1 Å². The van der Waals surface area contributed by atoms with Gasteiger partial charge in [-0.2, -0.15) is 12.6 Å². The maximum absolute atomic E-state index is 14.7. The van der Waals surface area contributed by atoms with E-state index in [1.807, 2.05) is 12.3 Å². The molecule has 0 radical (unpaired) electrons. The zero-order valence-corrected chi connectivity index (χ0v) is 21.0. The second-order valence-corrected chi connectivity index (χ2v) is 9.89. The quantitative estimate of drug-likeness (QED) is 0.282. The normalized spacial score (nSPS) is 20.7. The van der Waals surface area contributed by atoms with E-state index in [4.69, 9.17) is 17.4 Å². The topological polar surface area (TPSA) is 77.3 Å². The van der Waals surface area contributed by atoms with Crippen LogP contribution in [0.1, 0.15) is 62.7 Å². The Morgan fingerprint density at radius 3 is 2.80 bits per heavy atom. The van der Waals surface area contributed by atoms with E-state index in [0.29, 0.717) is 38.2 Å². The zero-order chi connectivity index (χ0) is 24.8. The van der Waals surface area contributed by atoms with E-state index in [0.717, 1.165) is 43.4 Å². The van der Waals surface area contributed by atoms with Crippen LogP contribution in [0.4, 0.5) is 4.39 Å². The van der Waals surface area contributed by atoms with Gasteiger partial charge < -0.3 is 4.74 Å². The average Bonchev–Trinajstić information content (AvgIpc) is 3.60. The van der Waals surface area contributed by atoms with Crippen molar-refractivity contribution >= 4 is 30.5 Å². The lowest BCUT2D eigenvalue weighted by molar-refractivity contribution is -0.143. The lowest BCUT2D eigenvalue weighted by Gasteiger charge is -2.37. The fourth-order valence-corrected chi connectivity index (χ4v) is 4.80. The highest BCUT2D eigenvalue weighted by atomic mass is 32.1. The Balaban J connectivity index is 1.43. The number of hydrogen-bond acceptors (Lipinski definition) is 7. The average molecular weight is 501 g/mol. The van der Waals surface area contributed by atoms with Crippen LogP contribution in [-0.4, -0.2) is 56.6 Å². The highest BCUT2D eigenvalue weighted by molar-refractivity contribution is 7.81. The van der Waals surface area contributed by atoms with Gasteiger partial charge in [-0.25, -0.2) is 4.39 Å². The number of piperidine rings is 1. The number of esters is 1. The largest absolute Gasteiger partial charge is 0.466 e. The van der Waals surface area contributed by atoms with E-state index in [2.05, 4.69) is 15.2 Å². The van der Waals surface area contributed by atoms with Gasteiger partial charge in [-0.1, -0.05) is 23.4 Å². The first-order valence-electron chi connectivity index (χ1n) is 12.4. The number of thiol groups is 1. The number of aromatic nitrogens is 3. The number of carbonyl (C=O) groups excluding carboxylic acids is 2. The second kappa shape index (κ2) is 11.9. The van der Waals surface area contributed by atoms with Gasteiger partial charge in [0.05, 0.1) is 18.8 Å². The molecule has 2 heterocycles. The number of hydrogen-bond donors (Lipinski definition) is 1. The Hall–Kier alpha value is -2.52. The number of aryl methyl sites for hydroxylation is 1. The molecule has 4 rings (SSSR count). The Morgan fingerprint density at radius 1 is 1.26 bits per heavy atom. The van der Waals surface area contributed by atoms with Crippen LogP contribution in [0.5, 0.6) is 0 Å². The number of nitrogens with zero attached hydrogens (tertiary/aromatic N) is 4. The van der Waals surface area contributed by atoms with E-state index in [-0.39, 0.29) is 28.7 Å². The fourth-order valence-electron chi connectivity index (χ4n) is 4.53. The minimum absolute atomic E-state index is 0.0319. The Bertz CT molecular complexity index is 1070. The highest BCUT2D eigenvalue weighted by Gasteiger charge is 2.40. The van der Waals surface area contributed by atoms with Gasteiger partial charge in [0.15, 0.2) is 5.78 Å². The third kappa shape index (κ3) is 6.79. The minimum Gasteiger partial charge on any atom is -0.466 e. The number of ether oxygens (including phenoxy) is 1. The molecule has 2 aliphatic rings. The number of halogens is 1. The molecule has 9 heteroatoms. The molecular weight excluding hydrogens is 467 g/mol. The van der Waals surface area contributed by atoms with Crippen molar-refractivity contribution < 1.29 is 18.7 Å². The van der Waals surface area contributed by atoms with E-state index in [1.165, 1.54) is 6.07 Å². The van der Waals surface area contributed by atoms with E-state index >= 15 is 0 Å². The van der Waals surface area contributed by atoms with Gasteiger partial charge in [0, 0.05) is 42.8 Å². The molecule has 0 bridgehead atoms. The number of unbranched alkanes of at least 4 members (excludes halogenated alkanes) is 1. The molecule has 7 nitrogen and oxygen atoms in total. The molecular formula is C26H33FN4O3S. The Kier molecular flexibility index (Phi) is 8.73. The van der Waals surface area contributed by atoms with Crippen molar-refractivity contribution in [3.8, 4) is 0 Å². The summed E-state index contributed by atoms with van der Waals surface area (Å²) in [4.78, 5) is 26.7. The first kappa shape index (κ1) is 25.6. The van der Waals surface area contributed by atoms with Crippen LogP contribution >= 0.6 is 12.6 Å². The molecule has 35 heavy (non-hydrogen) atoms. The second-order valence-electron chi connectivity index (χ2n) is 9.26. The standard InChI is InChI=1S/C26H33FN4O3S/c1-2-34-24(32)9-5-6-13-31-17-20(28-29-31)15-19-16-30(14-12-23(19)35)25(26(33)18-10-11-18)21-7-3-4-8-22(21)27/h3-4,7-8,15,17-18,23,25,35H,2,5-6,9-14,16H2,1H3/b19-15-. The predicted octanol–water partition coefficient (Wildman–Crippen LogP) is 4.26. The van der Waals surface area contributed by atoms with Crippen LogP contribution in [0.25, 0.3) is 6.08 Å². The number of ketones is 1. The number of benzene rings is 1. The molecule has 1 aromatic heterocycles. The Morgan fingerprint density at radius 2 is 2.06 bits per heavy atom. The van der Waals surface area contributed by atoms with Crippen LogP contribution in [0.2, 0.25) is 0 Å². The molecule has 1 saturated heterocycles. The SMILES string of the molecule is CCOC(=O)CCCCn1cc(/C=C2/CN(C(C(=O)C3CC3)c3ccccc3F)CCC2S)nn1. The first-order valence-corrected chi connectivity index (χ1v) is 12.9. The summed E-state index contributed by atoms with van der Waals surface area (Å²) in [5.41, 5.74) is 2.22. The van der Waals surface area contributed by atoms with Crippen molar-refractivity contribution in [2.24, 2.45) is 5.92 Å². The summed E-state index contributed by atoms with van der Waals surface area (Å²) in [7, 11) is 0. The van der Waals surface area contributed by atoms with Crippen LogP contribution in [0, 0.1) is 11.7 Å². The van der Waals surface area contributed by atoms with E-state index in [9.17, 15) is 14.0 Å². The monoisotopic (exact) mass is 500 g/mol. The van der Waals surface area contributed by atoms with Gasteiger partial charge in [-0.05, 0) is 56.7 Å². The van der Waals surface area contributed by atoms with Gasteiger partial charge >= 0.3 is 5.97 Å². The molecule has 1 saturated carbocycles. The molecule has 1 aliphatic heterocycles. The van der Waals surface area contributed by atoms with Gasteiger partial charge in [0.2, 0.25) is 0 Å². The molecule has 2 atom stereocenters. The lowest BCUT2D eigenvalue weighted by Crippen LogP contribution is -2.42. The van der Waals surface area contributed by atoms with Gasteiger partial charge in [0.25, 0.3) is 0 Å². The summed E-state index contributed by atoms with van der Waals surface area (Å²) in [6, 6.07) is 6.02. The van der Waals surface area contributed by atoms with Crippen molar-refractivity contribution in [2.75, 3.05) is 19.7 Å². The number of rotatable bonds is 11. The number of Topliss-reactive ketones (excluding diaryl/α,β-unsaturated/α-hetero) is 1. The maximum atomic E-state index is 14.7. The molecule has 0 amide bonds. The van der Waals surface area contributed by atoms with E-state index < -0.39 is 6.04 Å². The van der Waals surface area contributed by atoms with Gasteiger partial charge in [-0.15, -0.1) is 5.10 Å². The third-order valence-electron chi connectivity index (χ3n) is 6.53. The molecule has 1 aliphatic carbocycles. The van der Waals surface area contributed by atoms with Crippen LogP contribution in [-0.2, 0) is 20.9 Å². The lowest BCUT2D eigenvalue weighted by atomic mass is 9.93. The van der Waals surface area contributed by atoms with Gasteiger partial charge in [0.1, 0.15) is 11.5 Å². The van der Waals surface area contributed by atoms with Crippen LogP contribution in [0.15, 0.2) is 36.0 Å². The third-order valence-corrected chi connectivity index (χ3v) is 7.12. The van der Waals surface area contributed by atoms with Crippen LogP contribution in [0.3, 0.4) is 0 Å². The smallest absolute Gasteiger partial charge is 0.305 e. The first-order chi connectivity index (χ1) is 17.0. The molecule has 2 fully saturated rings. The summed E-state index contributed by atoms with van der Waals surface area (Å²) in [5.74, 6) is -0.367. The van der Waals surface area contributed by atoms with Crippen molar-refractivity contribution in [2.45, 2.75) is 63.3 Å². The number of carbonyl (C=O) groups is 2. The number of likely N-dealkylation sites (tertiary alicyclic amines) is 1. The summed E-state index contributed by atoms with van der Waals surface area (Å²) in [6.45, 7) is 4.07. The highest BCUT2D eigenvalue weighted by Crippen LogP contribution is 2.39. The summed E-state index contributed by atoms with van der Waals surface area (Å²) >= 11 is 4.77. The molecule has 2 unspecified atom stereocenters. The Labute approximate surface area is 211 Å². The predicted molar refractivity (Wildman–Crippen MR) is 134 cm³/mol. The van der Waals surface area contributed by atoms with E-state index in [1.54, 1.807) is 29.8 Å². The summed E-state index contributed by atoms with van der Waals surface area (Å²) in [6.07, 6.45) is 8.33. The molecule has 188 valence electrons. The van der Waals surface area contributed by atoms with Crippen LogP contribution < -0.4 is 0 Å². The molecule has 0 spiro atoms. The maximum Gasteiger partial charge on any atom is 0.305 e. The zero-order valence-electron chi connectivity index (χ0n) is 20.1. The van der Waals surface area contributed by atoms with Gasteiger partial charge in [-0.3, -0.25) is 19.2 Å². The minimum atomic E-state index is -0.581. The van der Waals surface area contributed by atoms with Crippen molar-refractivity contribution in [3.63, 3.8) is 0 Å². The molecule has 0 N–H and O–H groups in total. The fraction of sp³-hybridized carbons (Fsp3) is 0.538. The van der Waals surface area contributed by atoms with Crippen molar-refractivity contribution in [1.29, 1.82) is 0 Å². The summed E-state index contributed by atoms with van der Waals surface area (Å²) < 4.78 is 21.4. The molecule has 2 aromatic rings. The van der Waals surface area contributed by atoms with Crippen molar-refractivity contribution in [1.82, 2.24) is 19.9 Å².